The number of methoxy groups -OCH3 is 1. The van der Waals surface area contributed by atoms with Crippen LogP contribution in [-0.2, 0) is 9.53 Å². The molecule has 1 unspecified atom stereocenters. The predicted octanol–water partition coefficient (Wildman–Crippen LogP) is 1.37. The van der Waals surface area contributed by atoms with Gasteiger partial charge in [-0.25, -0.2) is 0 Å². The average molecular weight is 203 g/mol. The van der Waals surface area contributed by atoms with Gasteiger partial charge < -0.3 is 4.74 Å². The second-order valence-corrected chi connectivity index (χ2v) is 3.61. The Balaban J connectivity index is 2.45. The molecule has 1 aliphatic rings. The molecule has 3 nitrogen and oxygen atoms in total. The van der Waals surface area contributed by atoms with Crippen LogP contribution in [0.25, 0.3) is 0 Å². The number of hydrogen-bond acceptors (Lipinski definition) is 3. The zero-order valence-corrected chi connectivity index (χ0v) is 8.67. The highest BCUT2D eigenvalue weighted by Gasteiger charge is 2.28. The lowest BCUT2D eigenvalue weighted by Crippen LogP contribution is -2.45. The second-order valence-electron chi connectivity index (χ2n) is 3.61. The van der Waals surface area contributed by atoms with Crippen molar-refractivity contribution in [1.29, 1.82) is 0 Å². The van der Waals surface area contributed by atoms with Gasteiger partial charge in [0.15, 0.2) is 0 Å². The quantitative estimate of drug-likeness (QED) is 0.646. The number of carbonyl (C=O) groups excluding carboxylic acids is 1. The summed E-state index contributed by atoms with van der Waals surface area (Å²) in [6.07, 6.45) is 3.51. The summed E-state index contributed by atoms with van der Waals surface area (Å²) in [5, 5.41) is 0. The molecule has 1 fully saturated rings. The van der Waals surface area contributed by atoms with Crippen LogP contribution < -0.4 is 0 Å². The zero-order chi connectivity index (χ0) is 10.4. The van der Waals surface area contributed by atoms with E-state index >= 15 is 0 Å². The van der Waals surface area contributed by atoms with Crippen LogP contribution in [0.15, 0.2) is 0 Å². The molecule has 0 N–H and O–H groups in total. The first-order valence-corrected chi connectivity index (χ1v) is 5.17. The van der Waals surface area contributed by atoms with E-state index in [0.717, 1.165) is 25.8 Å². The molecule has 0 saturated carbocycles. The molecule has 82 valence electrons. The first-order chi connectivity index (χ1) is 6.79. The summed E-state index contributed by atoms with van der Waals surface area (Å²) < 4.78 is 16.7. The fraction of sp³-hybridized carbons (Fsp3) is 0.900. The van der Waals surface area contributed by atoms with Gasteiger partial charge in [-0.15, -0.1) is 0 Å². The van der Waals surface area contributed by atoms with E-state index in [9.17, 15) is 9.18 Å². The highest BCUT2D eigenvalue weighted by atomic mass is 19.1. The van der Waals surface area contributed by atoms with Gasteiger partial charge in [-0.3, -0.25) is 14.1 Å². The maximum Gasteiger partial charge on any atom is 0.323 e. The number of piperidine rings is 1. The number of esters is 1. The maximum absolute atomic E-state index is 12.0. The van der Waals surface area contributed by atoms with Crippen molar-refractivity contribution in [2.24, 2.45) is 0 Å². The topological polar surface area (TPSA) is 29.5 Å². The van der Waals surface area contributed by atoms with E-state index in [-0.39, 0.29) is 18.7 Å². The molecule has 0 amide bonds. The van der Waals surface area contributed by atoms with Crippen LogP contribution >= 0.6 is 0 Å². The summed E-state index contributed by atoms with van der Waals surface area (Å²) in [5.74, 6) is -0.177. The molecule has 1 aliphatic heterocycles. The van der Waals surface area contributed by atoms with Crippen molar-refractivity contribution in [2.45, 2.75) is 31.7 Å². The Morgan fingerprint density at radius 1 is 1.57 bits per heavy atom. The van der Waals surface area contributed by atoms with E-state index in [2.05, 4.69) is 0 Å². The lowest BCUT2D eigenvalue weighted by Gasteiger charge is -2.33. The normalized spacial score (nSPS) is 23.4. The van der Waals surface area contributed by atoms with Gasteiger partial charge in [-0.2, -0.15) is 0 Å². The average Bonchev–Trinajstić information content (AvgIpc) is 2.25. The fourth-order valence-electron chi connectivity index (χ4n) is 1.92. The first-order valence-electron chi connectivity index (χ1n) is 5.17. The Labute approximate surface area is 84.2 Å². The lowest BCUT2D eigenvalue weighted by atomic mass is 10.0. The standard InChI is InChI=1S/C10H18FNO2/c1-14-10(13)9-5-2-3-7-12(9)8-4-6-11/h9H,2-8H2,1H3. The van der Waals surface area contributed by atoms with Gasteiger partial charge in [0.05, 0.1) is 13.8 Å². The van der Waals surface area contributed by atoms with Gasteiger partial charge in [0, 0.05) is 6.54 Å². The summed E-state index contributed by atoms with van der Waals surface area (Å²) >= 11 is 0. The minimum absolute atomic E-state index is 0.139. The zero-order valence-electron chi connectivity index (χ0n) is 8.67. The maximum atomic E-state index is 12.0. The molecule has 0 bridgehead atoms. The van der Waals surface area contributed by atoms with Gasteiger partial charge >= 0.3 is 5.97 Å². The Kier molecular flexibility index (Phi) is 4.87. The van der Waals surface area contributed by atoms with Crippen molar-refractivity contribution in [1.82, 2.24) is 4.90 Å². The van der Waals surface area contributed by atoms with E-state index in [1.165, 1.54) is 7.11 Å². The third-order valence-corrected chi connectivity index (χ3v) is 2.67. The molecule has 0 aliphatic carbocycles. The van der Waals surface area contributed by atoms with Crippen LogP contribution in [0.4, 0.5) is 4.39 Å². The van der Waals surface area contributed by atoms with Gasteiger partial charge in [0.1, 0.15) is 6.04 Å². The van der Waals surface area contributed by atoms with Crippen molar-refractivity contribution >= 4 is 5.97 Å². The van der Waals surface area contributed by atoms with Crippen molar-refractivity contribution in [3.8, 4) is 0 Å². The monoisotopic (exact) mass is 203 g/mol. The van der Waals surface area contributed by atoms with Crippen LogP contribution in [-0.4, -0.2) is 43.8 Å². The molecule has 1 saturated heterocycles. The van der Waals surface area contributed by atoms with Crippen LogP contribution in [0.5, 0.6) is 0 Å². The molecule has 14 heavy (non-hydrogen) atoms. The number of hydrogen-bond donors (Lipinski definition) is 0. The van der Waals surface area contributed by atoms with Gasteiger partial charge in [0.2, 0.25) is 0 Å². The molecular weight excluding hydrogens is 185 g/mol. The Bertz CT molecular complexity index is 187. The highest BCUT2D eigenvalue weighted by molar-refractivity contribution is 5.75. The largest absolute Gasteiger partial charge is 0.468 e. The third kappa shape index (κ3) is 2.94. The Hall–Kier alpha value is -0.640. The number of alkyl halides is 1. The van der Waals surface area contributed by atoms with E-state index in [1.54, 1.807) is 0 Å². The molecular formula is C10H18FNO2. The van der Waals surface area contributed by atoms with Crippen molar-refractivity contribution in [3.05, 3.63) is 0 Å². The van der Waals surface area contributed by atoms with Crippen LogP contribution in [0, 0.1) is 0 Å². The molecule has 0 aromatic carbocycles. The molecule has 1 rings (SSSR count). The molecule has 0 radical (unpaired) electrons. The summed E-state index contributed by atoms with van der Waals surface area (Å²) in [6, 6.07) is -0.139. The number of carbonyl (C=O) groups is 1. The number of rotatable bonds is 4. The van der Waals surface area contributed by atoms with Crippen molar-refractivity contribution in [2.75, 3.05) is 26.9 Å². The van der Waals surface area contributed by atoms with Crippen LogP contribution in [0.3, 0.4) is 0 Å². The smallest absolute Gasteiger partial charge is 0.323 e. The molecule has 0 aromatic rings. The number of likely N-dealkylation sites (tertiary alicyclic amines) is 1. The third-order valence-electron chi connectivity index (χ3n) is 2.67. The van der Waals surface area contributed by atoms with E-state index in [4.69, 9.17) is 4.74 Å². The number of nitrogens with zero attached hydrogens (tertiary/aromatic N) is 1. The van der Waals surface area contributed by atoms with Gasteiger partial charge in [-0.05, 0) is 25.8 Å². The van der Waals surface area contributed by atoms with Crippen LogP contribution in [0.2, 0.25) is 0 Å². The molecule has 1 heterocycles. The number of halogens is 1. The predicted molar refractivity (Wildman–Crippen MR) is 51.8 cm³/mol. The van der Waals surface area contributed by atoms with E-state index in [1.807, 2.05) is 4.90 Å². The SMILES string of the molecule is COC(=O)C1CCCCN1CCCF. The van der Waals surface area contributed by atoms with E-state index in [0.29, 0.717) is 13.0 Å². The number of ether oxygens (including phenoxy) is 1. The van der Waals surface area contributed by atoms with Crippen molar-refractivity contribution in [3.63, 3.8) is 0 Å². The minimum atomic E-state index is -0.315. The summed E-state index contributed by atoms with van der Waals surface area (Å²) in [7, 11) is 1.41. The highest BCUT2D eigenvalue weighted by Crippen LogP contribution is 2.18. The minimum Gasteiger partial charge on any atom is -0.468 e. The lowest BCUT2D eigenvalue weighted by molar-refractivity contribution is -0.148. The summed E-state index contributed by atoms with van der Waals surface area (Å²) in [4.78, 5) is 13.4. The second kappa shape index (κ2) is 5.96. The van der Waals surface area contributed by atoms with Gasteiger partial charge in [0.25, 0.3) is 0 Å². The van der Waals surface area contributed by atoms with Crippen molar-refractivity contribution < 1.29 is 13.9 Å². The van der Waals surface area contributed by atoms with Crippen LogP contribution in [0.1, 0.15) is 25.7 Å². The molecule has 0 aromatic heterocycles. The molecule has 4 heteroatoms. The molecule has 0 spiro atoms. The summed E-state index contributed by atoms with van der Waals surface area (Å²) in [5.41, 5.74) is 0. The Morgan fingerprint density at radius 2 is 2.36 bits per heavy atom. The summed E-state index contributed by atoms with van der Waals surface area (Å²) in [6.45, 7) is 1.24. The first kappa shape index (κ1) is 11.4. The molecule has 1 atom stereocenters. The van der Waals surface area contributed by atoms with Gasteiger partial charge in [-0.1, -0.05) is 6.42 Å². The fourth-order valence-corrected chi connectivity index (χ4v) is 1.92. The van der Waals surface area contributed by atoms with E-state index < -0.39 is 0 Å². The Morgan fingerprint density at radius 3 is 3.00 bits per heavy atom.